The van der Waals surface area contributed by atoms with Crippen LogP contribution in [0.15, 0.2) is 41.4 Å². The van der Waals surface area contributed by atoms with Gasteiger partial charge in [0, 0.05) is 32.4 Å². The summed E-state index contributed by atoms with van der Waals surface area (Å²) in [4.78, 5) is 18.9. The van der Waals surface area contributed by atoms with Crippen molar-refractivity contribution in [1.82, 2.24) is 20.1 Å². The molecule has 1 heterocycles. The fourth-order valence-corrected chi connectivity index (χ4v) is 3.11. The van der Waals surface area contributed by atoms with Gasteiger partial charge in [0.25, 0.3) is 0 Å². The van der Waals surface area contributed by atoms with Gasteiger partial charge in [0.15, 0.2) is 5.96 Å². The highest BCUT2D eigenvalue weighted by Crippen LogP contribution is 2.25. The molecule has 1 aromatic heterocycles. The van der Waals surface area contributed by atoms with E-state index in [-0.39, 0.29) is 12.5 Å². The molecule has 0 atom stereocenters. The first-order chi connectivity index (χ1) is 13.5. The predicted molar refractivity (Wildman–Crippen MR) is 116 cm³/mol. The molecule has 0 radical (unpaired) electrons. The predicted octanol–water partition coefficient (Wildman–Crippen LogP) is 3.44. The highest BCUT2D eigenvalue weighted by Gasteiger charge is 2.13. The molecule has 6 nitrogen and oxygen atoms in total. The van der Waals surface area contributed by atoms with E-state index in [1.54, 1.807) is 10.6 Å². The topological polar surface area (TPSA) is 61.7 Å². The van der Waals surface area contributed by atoms with Crippen molar-refractivity contribution in [2.45, 2.75) is 26.9 Å². The number of likely N-dealkylation sites (N-methyl/N-ethyl adjacent to an activating group) is 1. The Kier molecular flexibility index (Phi) is 8.67. The van der Waals surface area contributed by atoms with Gasteiger partial charge in [-0.2, -0.15) is 0 Å². The van der Waals surface area contributed by atoms with Crippen LogP contribution in [0.2, 0.25) is 10.2 Å². The average molecular weight is 424 g/mol. The molecular weight excluding hydrogens is 397 g/mol. The van der Waals surface area contributed by atoms with Gasteiger partial charge in [0.05, 0.1) is 18.1 Å². The third kappa shape index (κ3) is 6.17. The van der Waals surface area contributed by atoms with Gasteiger partial charge in [-0.1, -0.05) is 53.5 Å². The standard InChI is InChI=1S/C20H27Cl2N5O/c1-4-23-20(24-12-16-11-17(21)19(22)26(16)3)25-13-18(28)27(5-2)14-15-9-7-6-8-10-15/h6-11H,4-5,12-14H2,1-3H3,(H2,23,24,25). The van der Waals surface area contributed by atoms with Gasteiger partial charge in [0.1, 0.15) is 5.15 Å². The van der Waals surface area contributed by atoms with Crippen LogP contribution >= 0.6 is 23.2 Å². The van der Waals surface area contributed by atoms with Gasteiger partial charge in [-0.3, -0.25) is 4.79 Å². The summed E-state index contributed by atoms with van der Waals surface area (Å²) in [6.07, 6.45) is 0. The van der Waals surface area contributed by atoms with Crippen LogP contribution in [0.5, 0.6) is 0 Å². The molecule has 0 aliphatic carbocycles. The summed E-state index contributed by atoms with van der Waals surface area (Å²) in [5.41, 5.74) is 1.99. The molecule has 0 unspecified atom stereocenters. The summed E-state index contributed by atoms with van der Waals surface area (Å²) < 4.78 is 1.79. The minimum absolute atomic E-state index is 0.0157. The van der Waals surface area contributed by atoms with Crippen molar-refractivity contribution < 1.29 is 4.79 Å². The van der Waals surface area contributed by atoms with Crippen LogP contribution in [-0.2, 0) is 24.9 Å². The Morgan fingerprint density at radius 1 is 1.18 bits per heavy atom. The number of amides is 1. The third-order valence-electron chi connectivity index (χ3n) is 4.32. The number of aliphatic imine (C=N–C) groups is 1. The van der Waals surface area contributed by atoms with E-state index >= 15 is 0 Å². The number of nitrogens with one attached hydrogen (secondary N) is 2. The summed E-state index contributed by atoms with van der Waals surface area (Å²) in [6, 6.07) is 11.8. The Bertz CT molecular complexity index is 804. The SMILES string of the molecule is CCNC(=NCc1cc(Cl)c(Cl)n1C)NCC(=O)N(CC)Cc1ccccc1. The van der Waals surface area contributed by atoms with E-state index < -0.39 is 0 Å². The van der Waals surface area contributed by atoms with Gasteiger partial charge in [0.2, 0.25) is 5.91 Å². The molecule has 1 aromatic carbocycles. The number of carbonyl (C=O) groups is 1. The first-order valence-electron chi connectivity index (χ1n) is 9.29. The first-order valence-corrected chi connectivity index (χ1v) is 10.0. The second kappa shape index (κ2) is 11.0. The molecule has 28 heavy (non-hydrogen) atoms. The Morgan fingerprint density at radius 2 is 1.89 bits per heavy atom. The lowest BCUT2D eigenvalue weighted by Gasteiger charge is -2.22. The zero-order valence-electron chi connectivity index (χ0n) is 16.5. The van der Waals surface area contributed by atoms with Crippen LogP contribution in [0.4, 0.5) is 0 Å². The number of nitrogens with zero attached hydrogens (tertiary/aromatic N) is 3. The summed E-state index contributed by atoms with van der Waals surface area (Å²) >= 11 is 12.1. The van der Waals surface area contributed by atoms with Crippen molar-refractivity contribution in [3.8, 4) is 0 Å². The number of guanidine groups is 1. The van der Waals surface area contributed by atoms with E-state index in [2.05, 4.69) is 15.6 Å². The van der Waals surface area contributed by atoms with Crippen LogP contribution in [0, 0.1) is 0 Å². The molecule has 0 saturated heterocycles. The highest BCUT2D eigenvalue weighted by atomic mass is 35.5. The van der Waals surface area contributed by atoms with Gasteiger partial charge in [-0.15, -0.1) is 0 Å². The second-order valence-electron chi connectivity index (χ2n) is 6.28. The number of hydrogen-bond acceptors (Lipinski definition) is 2. The normalized spacial score (nSPS) is 11.4. The van der Waals surface area contributed by atoms with Crippen LogP contribution in [-0.4, -0.2) is 41.0 Å². The Hall–Kier alpha value is -2.18. The Morgan fingerprint density at radius 3 is 2.46 bits per heavy atom. The zero-order valence-corrected chi connectivity index (χ0v) is 18.0. The molecule has 8 heteroatoms. The molecule has 152 valence electrons. The minimum Gasteiger partial charge on any atom is -0.357 e. The Balaban J connectivity index is 1.96. The number of benzene rings is 1. The van der Waals surface area contributed by atoms with Crippen molar-refractivity contribution in [3.05, 3.63) is 57.8 Å². The van der Waals surface area contributed by atoms with E-state index in [1.807, 2.05) is 56.1 Å². The monoisotopic (exact) mass is 423 g/mol. The van der Waals surface area contributed by atoms with E-state index in [1.165, 1.54) is 0 Å². The molecule has 2 aromatic rings. The van der Waals surface area contributed by atoms with Crippen molar-refractivity contribution in [2.24, 2.45) is 12.0 Å². The summed E-state index contributed by atoms with van der Waals surface area (Å²) in [5.74, 6) is 0.585. The lowest BCUT2D eigenvalue weighted by molar-refractivity contribution is -0.130. The highest BCUT2D eigenvalue weighted by molar-refractivity contribution is 6.41. The third-order valence-corrected chi connectivity index (χ3v) is 5.16. The van der Waals surface area contributed by atoms with E-state index in [9.17, 15) is 4.79 Å². The zero-order chi connectivity index (χ0) is 20.5. The Labute approximate surface area is 176 Å². The number of rotatable bonds is 8. The maximum atomic E-state index is 12.6. The van der Waals surface area contributed by atoms with Crippen LogP contribution in [0.3, 0.4) is 0 Å². The first kappa shape index (κ1) is 22.1. The van der Waals surface area contributed by atoms with Gasteiger partial charge < -0.3 is 20.1 Å². The molecule has 0 bridgehead atoms. The quantitative estimate of drug-likeness (QED) is 0.504. The molecule has 2 N–H and O–H groups in total. The smallest absolute Gasteiger partial charge is 0.242 e. The van der Waals surface area contributed by atoms with Crippen LogP contribution in [0.25, 0.3) is 0 Å². The largest absolute Gasteiger partial charge is 0.357 e. The van der Waals surface area contributed by atoms with Crippen molar-refractivity contribution in [2.75, 3.05) is 19.6 Å². The average Bonchev–Trinajstić information content (AvgIpc) is 2.95. The summed E-state index contributed by atoms with van der Waals surface area (Å²) in [5, 5.41) is 7.24. The second-order valence-corrected chi connectivity index (χ2v) is 7.04. The molecule has 2 rings (SSSR count). The molecule has 1 amide bonds. The molecule has 0 saturated carbocycles. The fourth-order valence-electron chi connectivity index (χ4n) is 2.69. The van der Waals surface area contributed by atoms with E-state index in [0.717, 1.165) is 11.3 Å². The van der Waals surface area contributed by atoms with E-state index in [4.69, 9.17) is 23.2 Å². The summed E-state index contributed by atoms with van der Waals surface area (Å²) in [7, 11) is 1.84. The van der Waals surface area contributed by atoms with Gasteiger partial charge in [-0.05, 0) is 25.5 Å². The summed E-state index contributed by atoms with van der Waals surface area (Å²) in [6.45, 7) is 6.44. The number of carbonyl (C=O) groups excluding carboxylic acids is 1. The van der Waals surface area contributed by atoms with Crippen LogP contribution in [0.1, 0.15) is 25.1 Å². The molecule has 0 spiro atoms. The van der Waals surface area contributed by atoms with Crippen molar-refractivity contribution in [3.63, 3.8) is 0 Å². The lowest BCUT2D eigenvalue weighted by atomic mass is 10.2. The number of aromatic nitrogens is 1. The van der Waals surface area contributed by atoms with Gasteiger partial charge in [-0.25, -0.2) is 4.99 Å². The molecular formula is C20H27Cl2N5O. The van der Waals surface area contributed by atoms with Crippen molar-refractivity contribution >= 4 is 35.1 Å². The fraction of sp³-hybridized carbons (Fsp3) is 0.400. The maximum Gasteiger partial charge on any atom is 0.242 e. The maximum absolute atomic E-state index is 12.6. The van der Waals surface area contributed by atoms with Crippen LogP contribution < -0.4 is 10.6 Å². The van der Waals surface area contributed by atoms with E-state index in [0.29, 0.717) is 42.3 Å². The molecule has 0 aliphatic rings. The molecule has 0 fully saturated rings. The van der Waals surface area contributed by atoms with Crippen molar-refractivity contribution in [1.29, 1.82) is 0 Å². The lowest BCUT2D eigenvalue weighted by Crippen LogP contribution is -2.44. The number of halogens is 2. The van der Waals surface area contributed by atoms with Gasteiger partial charge >= 0.3 is 0 Å². The minimum atomic E-state index is 0.0157. The molecule has 0 aliphatic heterocycles. The number of hydrogen-bond donors (Lipinski definition) is 2.